The summed E-state index contributed by atoms with van der Waals surface area (Å²) in [5.74, 6) is 0.520. The van der Waals surface area contributed by atoms with Gasteiger partial charge in [0.1, 0.15) is 11.5 Å². The van der Waals surface area contributed by atoms with Gasteiger partial charge in [-0.2, -0.15) is 0 Å². The van der Waals surface area contributed by atoms with Crippen LogP contribution in [0.2, 0.25) is 0 Å². The number of rotatable bonds is 5. The third kappa shape index (κ3) is 3.59. The third-order valence-electron chi connectivity index (χ3n) is 3.01. The molecule has 0 aliphatic rings. The van der Waals surface area contributed by atoms with Crippen molar-refractivity contribution in [3.63, 3.8) is 0 Å². The summed E-state index contributed by atoms with van der Waals surface area (Å²) in [7, 11) is 0. The zero-order chi connectivity index (χ0) is 14.6. The lowest BCUT2D eigenvalue weighted by molar-refractivity contribution is -0.138. The molecule has 0 aliphatic heterocycles. The first-order valence-electron chi connectivity index (χ1n) is 6.31. The van der Waals surface area contributed by atoms with Crippen LogP contribution in [-0.4, -0.2) is 11.1 Å². The molecule has 0 amide bonds. The largest absolute Gasteiger partial charge is 0.481 e. The smallest absolute Gasteiger partial charge is 0.305 e. The second kappa shape index (κ2) is 5.75. The van der Waals surface area contributed by atoms with Crippen LogP contribution in [0.25, 0.3) is 0 Å². The third-order valence-corrected chi connectivity index (χ3v) is 3.01. The van der Waals surface area contributed by atoms with E-state index in [1.54, 1.807) is 31.2 Å². The first kappa shape index (κ1) is 14.1. The van der Waals surface area contributed by atoms with E-state index in [0.29, 0.717) is 5.75 Å². The van der Waals surface area contributed by atoms with Gasteiger partial charge in [0.25, 0.3) is 0 Å². The molecule has 104 valence electrons. The second-order valence-electron chi connectivity index (χ2n) is 4.93. The van der Waals surface area contributed by atoms with Gasteiger partial charge in [-0.25, -0.2) is 0 Å². The number of carboxylic acids is 1. The predicted molar refractivity (Wildman–Crippen MR) is 76.8 cm³/mol. The van der Waals surface area contributed by atoms with Gasteiger partial charge in [-0.1, -0.05) is 30.3 Å². The number of nitrogens with two attached hydrogens (primary N) is 1. The van der Waals surface area contributed by atoms with Crippen molar-refractivity contribution in [1.29, 1.82) is 0 Å². The first-order valence-corrected chi connectivity index (χ1v) is 6.31. The Morgan fingerprint density at radius 3 is 2.20 bits per heavy atom. The van der Waals surface area contributed by atoms with E-state index in [1.165, 1.54) is 0 Å². The normalized spacial score (nSPS) is 13.5. The topological polar surface area (TPSA) is 72.6 Å². The Kier molecular flexibility index (Phi) is 4.05. The molecule has 0 saturated heterocycles. The van der Waals surface area contributed by atoms with Crippen molar-refractivity contribution in [2.24, 2.45) is 5.73 Å². The molecular weight excluding hydrogens is 254 g/mol. The van der Waals surface area contributed by atoms with Gasteiger partial charge in [-0.3, -0.25) is 4.79 Å². The zero-order valence-corrected chi connectivity index (χ0v) is 11.2. The second-order valence-corrected chi connectivity index (χ2v) is 4.93. The van der Waals surface area contributed by atoms with Crippen LogP contribution < -0.4 is 10.5 Å². The van der Waals surface area contributed by atoms with E-state index in [2.05, 4.69) is 0 Å². The Labute approximate surface area is 117 Å². The van der Waals surface area contributed by atoms with Gasteiger partial charge in [-0.05, 0) is 36.8 Å². The highest BCUT2D eigenvalue weighted by molar-refractivity contribution is 5.68. The molecule has 0 heterocycles. The Balaban J connectivity index is 2.12. The summed E-state index contributed by atoms with van der Waals surface area (Å²) in [6, 6.07) is 16.6. The standard InChI is InChI=1S/C16H17NO3/c1-16(17,11-15(18)19)12-7-9-14(10-8-12)20-13-5-3-2-4-6-13/h2-10H,11,17H2,1H3,(H,18,19). The fraction of sp³-hybridized carbons (Fsp3) is 0.188. The summed E-state index contributed by atoms with van der Waals surface area (Å²) in [4.78, 5) is 10.8. The molecule has 3 N–H and O–H groups in total. The van der Waals surface area contributed by atoms with Crippen molar-refractivity contribution < 1.29 is 14.6 Å². The molecule has 0 aromatic heterocycles. The summed E-state index contributed by atoms with van der Waals surface area (Å²) < 4.78 is 5.67. The van der Waals surface area contributed by atoms with Gasteiger partial charge in [0.15, 0.2) is 0 Å². The van der Waals surface area contributed by atoms with Gasteiger partial charge in [0.05, 0.1) is 6.42 Å². The average Bonchev–Trinajstić information content (AvgIpc) is 2.39. The first-order chi connectivity index (χ1) is 9.47. The fourth-order valence-electron chi connectivity index (χ4n) is 1.94. The van der Waals surface area contributed by atoms with Gasteiger partial charge < -0.3 is 15.6 Å². The van der Waals surface area contributed by atoms with E-state index in [4.69, 9.17) is 15.6 Å². The van der Waals surface area contributed by atoms with Crippen LogP contribution >= 0.6 is 0 Å². The molecule has 2 rings (SSSR count). The van der Waals surface area contributed by atoms with E-state index >= 15 is 0 Å². The summed E-state index contributed by atoms with van der Waals surface area (Å²) in [6.45, 7) is 1.70. The highest BCUT2D eigenvalue weighted by Crippen LogP contribution is 2.26. The molecule has 0 bridgehead atoms. The maximum atomic E-state index is 10.8. The fourth-order valence-corrected chi connectivity index (χ4v) is 1.94. The van der Waals surface area contributed by atoms with Gasteiger partial charge in [0, 0.05) is 5.54 Å². The molecule has 1 unspecified atom stereocenters. The molecule has 2 aromatic rings. The number of carbonyl (C=O) groups is 1. The maximum absolute atomic E-state index is 10.8. The lowest BCUT2D eigenvalue weighted by atomic mass is 9.90. The minimum Gasteiger partial charge on any atom is -0.481 e. The van der Waals surface area contributed by atoms with Crippen molar-refractivity contribution >= 4 is 5.97 Å². The van der Waals surface area contributed by atoms with Crippen LogP contribution in [0.1, 0.15) is 18.9 Å². The average molecular weight is 271 g/mol. The molecule has 4 heteroatoms. The molecule has 0 radical (unpaired) electrons. The van der Waals surface area contributed by atoms with E-state index in [1.807, 2.05) is 30.3 Å². The number of carboxylic acid groups (broad SMARTS) is 1. The quantitative estimate of drug-likeness (QED) is 0.876. The lowest BCUT2D eigenvalue weighted by Crippen LogP contribution is -2.35. The van der Waals surface area contributed by atoms with E-state index < -0.39 is 11.5 Å². The summed E-state index contributed by atoms with van der Waals surface area (Å²) in [5.41, 5.74) is 5.89. The van der Waals surface area contributed by atoms with Crippen LogP contribution in [0.5, 0.6) is 11.5 Å². The van der Waals surface area contributed by atoms with Crippen molar-refractivity contribution in [1.82, 2.24) is 0 Å². The van der Waals surface area contributed by atoms with Crippen LogP contribution in [-0.2, 0) is 10.3 Å². The molecule has 20 heavy (non-hydrogen) atoms. The Hall–Kier alpha value is -2.33. The highest BCUT2D eigenvalue weighted by Gasteiger charge is 2.24. The Morgan fingerprint density at radius 1 is 1.10 bits per heavy atom. The van der Waals surface area contributed by atoms with Crippen molar-refractivity contribution in [2.75, 3.05) is 0 Å². The van der Waals surface area contributed by atoms with Gasteiger partial charge in [0.2, 0.25) is 0 Å². The number of para-hydroxylation sites is 1. The molecule has 2 aromatic carbocycles. The maximum Gasteiger partial charge on any atom is 0.305 e. The lowest BCUT2D eigenvalue weighted by Gasteiger charge is -2.23. The van der Waals surface area contributed by atoms with E-state index in [9.17, 15) is 4.79 Å². The molecule has 0 spiro atoms. The molecular formula is C16H17NO3. The predicted octanol–water partition coefficient (Wildman–Crippen LogP) is 3.13. The van der Waals surface area contributed by atoms with Crippen molar-refractivity contribution in [3.8, 4) is 11.5 Å². The molecule has 0 aliphatic carbocycles. The molecule has 1 atom stereocenters. The van der Waals surface area contributed by atoms with Crippen LogP contribution in [0, 0.1) is 0 Å². The SMILES string of the molecule is CC(N)(CC(=O)O)c1ccc(Oc2ccccc2)cc1. The number of hydrogen-bond donors (Lipinski definition) is 2. The van der Waals surface area contributed by atoms with Crippen LogP contribution in [0.4, 0.5) is 0 Å². The van der Waals surface area contributed by atoms with Crippen LogP contribution in [0.15, 0.2) is 54.6 Å². The highest BCUT2D eigenvalue weighted by atomic mass is 16.5. The van der Waals surface area contributed by atoms with Crippen molar-refractivity contribution in [3.05, 3.63) is 60.2 Å². The summed E-state index contributed by atoms with van der Waals surface area (Å²) in [5, 5.41) is 8.86. The van der Waals surface area contributed by atoms with E-state index in [-0.39, 0.29) is 6.42 Å². The molecule has 0 saturated carbocycles. The Bertz CT molecular complexity index is 576. The molecule has 0 fully saturated rings. The summed E-state index contributed by atoms with van der Waals surface area (Å²) >= 11 is 0. The minimum absolute atomic E-state index is 0.119. The van der Waals surface area contributed by atoms with Gasteiger partial charge in [-0.15, -0.1) is 0 Å². The molecule has 4 nitrogen and oxygen atoms in total. The van der Waals surface area contributed by atoms with Gasteiger partial charge >= 0.3 is 5.97 Å². The zero-order valence-electron chi connectivity index (χ0n) is 11.2. The minimum atomic E-state index is -0.917. The number of benzene rings is 2. The Morgan fingerprint density at radius 2 is 1.65 bits per heavy atom. The number of ether oxygens (including phenoxy) is 1. The number of hydrogen-bond acceptors (Lipinski definition) is 3. The van der Waals surface area contributed by atoms with E-state index in [0.717, 1.165) is 11.3 Å². The van der Waals surface area contributed by atoms with Crippen molar-refractivity contribution in [2.45, 2.75) is 18.9 Å². The van der Waals surface area contributed by atoms with Crippen LogP contribution in [0.3, 0.4) is 0 Å². The summed E-state index contributed by atoms with van der Waals surface area (Å²) in [6.07, 6.45) is -0.119. The number of aliphatic carboxylic acids is 1. The monoisotopic (exact) mass is 271 g/mol.